The van der Waals surface area contributed by atoms with E-state index in [0.717, 1.165) is 25.8 Å². The lowest BCUT2D eigenvalue weighted by molar-refractivity contribution is 0.693. The molecule has 2 N–H and O–H groups in total. The number of nitrogens with zero attached hydrogens (tertiary/aromatic N) is 1. The molecule has 60 valence electrons. The van der Waals surface area contributed by atoms with Crippen molar-refractivity contribution in [3.8, 4) is 0 Å². The molecule has 0 atom stereocenters. The van der Waals surface area contributed by atoms with E-state index in [-0.39, 0.29) is 0 Å². The molecule has 0 amide bonds. The molecule has 0 radical (unpaired) electrons. The molecule has 0 aromatic carbocycles. The highest BCUT2D eigenvalue weighted by molar-refractivity contribution is 5.85. The number of rotatable bonds is 2. The quantitative estimate of drug-likeness (QED) is 0.448. The van der Waals surface area contributed by atoms with Crippen LogP contribution in [0.1, 0.15) is 13.3 Å². The first-order valence-electron chi connectivity index (χ1n) is 3.76. The molecule has 0 aromatic heterocycles. The van der Waals surface area contributed by atoms with Gasteiger partial charge in [0.1, 0.15) is 6.34 Å². The molecule has 1 rings (SSSR count). The molecule has 0 fully saturated rings. The maximum atomic E-state index is 6.72. The van der Waals surface area contributed by atoms with Crippen LogP contribution in [0.15, 0.2) is 16.1 Å². The average molecular weight is 151 g/mol. The van der Waals surface area contributed by atoms with E-state index >= 15 is 0 Å². The molecule has 0 aromatic rings. The highest BCUT2D eigenvalue weighted by atomic mass is 14.9. The van der Waals surface area contributed by atoms with E-state index in [9.17, 15) is 0 Å². The molecule has 3 heteroatoms. The van der Waals surface area contributed by atoms with E-state index in [1.165, 1.54) is 11.1 Å². The van der Waals surface area contributed by atoms with Gasteiger partial charge in [-0.25, -0.2) is 4.99 Å². The Labute approximate surface area is 66.7 Å². The zero-order valence-electron chi connectivity index (χ0n) is 6.72. The maximum Gasteiger partial charge on any atom is 0.106 e. The van der Waals surface area contributed by atoms with E-state index in [1.807, 2.05) is 0 Å². The lowest BCUT2D eigenvalue weighted by Gasteiger charge is -2.15. The fourth-order valence-electron chi connectivity index (χ4n) is 1.09. The van der Waals surface area contributed by atoms with Gasteiger partial charge in [-0.15, -0.1) is 0 Å². The molecule has 0 unspecified atom stereocenters. The average Bonchev–Trinajstić information content (AvgIpc) is 2.03. The van der Waals surface area contributed by atoms with E-state index in [1.54, 1.807) is 6.21 Å². The highest BCUT2D eigenvalue weighted by Gasteiger charge is 2.04. The van der Waals surface area contributed by atoms with E-state index in [0.29, 0.717) is 0 Å². The SMILES string of the molecule is CC1=C(C=NC=N)CNCC1. The van der Waals surface area contributed by atoms with Crippen molar-refractivity contribution in [1.29, 1.82) is 5.41 Å². The predicted octanol–water partition coefficient (Wildman–Crippen LogP) is 0.974. The van der Waals surface area contributed by atoms with Gasteiger partial charge in [-0.1, -0.05) is 5.57 Å². The van der Waals surface area contributed by atoms with Gasteiger partial charge in [0, 0.05) is 12.8 Å². The molecule has 11 heavy (non-hydrogen) atoms. The van der Waals surface area contributed by atoms with Gasteiger partial charge in [0.15, 0.2) is 0 Å². The summed E-state index contributed by atoms with van der Waals surface area (Å²) in [6.07, 6.45) is 3.92. The molecule has 0 saturated carbocycles. The van der Waals surface area contributed by atoms with Crippen LogP contribution in [-0.4, -0.2) is 25.6 Å². The number of nitrogens with one attached hydrogen (secondary N) is 2. The fourth-order valence-corrected chi connectivity index (χ4v) is 1.09. The molecule has 0 spiro atoms. The molecular formula is C8H13N3. The Kier molecular flexibility index (Phi) is 2.98. The summed E-state index contributed by atoms with van der Waals surface area (Å²) >= 11 is 0. The number of aliphatic imine (C=N–C) groups is 1. The summed E-state index contributed by atoms with van der Waals surface area (Å²) in [7, 11) is 0. The smallest absolute Gasteiger partial charge is 0.106 e. The van der Waals surface area contributed by atoms with Crippen molar-refractivity contribution in [1.82, 2.24) is 5.32 Å². The Balaban J connectivity index is 2.66. The Morgan fingerprint density at radius 3 is 3.09 bits per heavy atom. The second-order valence-electron chi connectivity index (χ2n) is 2.64. The van der Waals surface area contributed by atoms with E-state index < -0.39 is 0 Å². The standard InChI is InChI=1S/C8H13N3/c1-7-2-3-10-4-8(7)5-11-6-9/h5-6,9-10H,2-4H2,1H3. The summed E-state index contributed by atoms with van der Waals surface area (Å²) < 4.78 is 0. The summed E-state index contributed by atoms with van der Waals surface area (Å²) in [5.74, 6) is 0. The Morgan fingerprint density at radius 1 is 1.64 bits per heavy atom. The Hall–Kier alpha value is -0.960. The molecule has 0 bridgehead atoms. The van der Waals surface area contributed by atoms with Crippen LogP contribution in [0.2, 0.25) is 0 Å². The van der Waals surface area contributed by atoms with Crippen molar-refractivity contribution in [2.75, 3.05) is 13.1 Å². The molecule has 0 aliphatic carbocycles. The first-order valence-corrected chi connectivity index (χ1v) is 3.76. The van der Waals surface area contributed by atoms with Crippen molar-refractivity contribution >= 4 is 12.6 Å². The van der Waals surface area contributed by atoms with E-state index in [4.69, 9.17) is 5.41 Å². The summed E-state index contributed by atoms with van der Waals surface area (Å²) in [4.78, 5) is 3.76. The molecule has 1 aliphatic rings. The van der Waals surface area contributed by atoms with Gasteiger partial charge < -0.3 is 5.32 Å². The predicted molar refractivity (Wildman–Crippen MR) is 47.5 cm³/mol. The third-order valence-corrected chi connectivity index (χ3v) is 1.85. The normalized spacial score (nSPS) is 19.4. The van der Waals surface area contributed by atoms with Gasteiger partial charge in [-0.05, 0) is 25.5 Å². The van der Waals surface area contributed by atoms with Crippen molar-refractivity contribution in [3.05, 3.63) is 11.1 Å². The lowest BCUT2D eigenvalue weighted by atomic mass is 10.0. The van der Waals surface area contributed by atoms with Gasteiger partial charge in [0.2, 0.25) is 0 Å². The van der Waals surface area contributed by atoms with Crippen LogP contribution in [0.25, 0.3) is 0 Å². The number of hydrogen-bond acceptors (Lipinski definition) is 2. The van der Waals surface area contributed by atoms with Crippen LogP contribution >= 0.6 is 0 Å². The first kappa shape index (κ1) is 8.14. The largest absolute Gasteiger partial charge is 0.312 e. The summed E-state index contributed by atoms with van der Waals surface area (Å²) in [5, 5.41) is 9.97. The molecule has 1 aliphatic heterocycles. The molecule has 1 heterocycles. The zero-order chi connectivity index (χ0) is 8.10. The third-order valence-electron chi connectivity index (χ3n) is 1.85. The minimum absolute atomic E-state index is 0.892. The summed E-state index contributed by atoms with van der Waals surface area (Å²) in [6, 6.07) is 0. The van der Waals surface area contributed by atoms with Crippen molar-refractivity contribution in [3.63, 3.8) is 0 Å². The Morgan fingerprint density at radius 2 is 2.45 bits per heavy atom. The summed E-state index contributed by atoms with van der Waals surface area (Å²) in [6.45, 7) is 4.07. The van der Waals surface area contributed by atoms with E-state index in [2.05, 4.69) is 17.2 Å². The second kappa shape index (κ2) is 4.03. The third kappa shape index (κ3) is 2.27. The van der Waals surface area contributed by atoms with Crippen LogP contribution in [0.5, 0.6) is 0 Å². The monoisotopic (exact) mass is 151 g/mol. The van der Waals surface area contributed by atoms with Crippen LogP contribution in [0.4, 0.5) is 0 Å². The van der Waals surface area contributed by atoms with Crippen LogP contribution < -0.4 is 5.32 Å². The molecule has 0 saturated heterocycles. The van der Waals surface area contributed by atoms with Gasteiger partial charge in [-0.2, -0.15) is 0 Å². The Bertz CT molecular complexity index is 203. The van der Waals surface area contributed by atoms with Gasteiger partial charge in [-0.3, -0.25) is 5.41 Å². The van der Waals surface area contributed by atoms with Crippen LogP contribution in [0, 0.1) is 5.41 Å². The van der Waals surface area contributed by atoms with Crippen LogP contribution in [-0.2, 0) is 0 Å². The molecular weight excluding hydrogens is 138 g/mol. The lowest BCUT2D eigenvalue weighted by Crippen LogP contribution is -2.25. The first-order chi connectivity index (χ1) is 5.34. The highest BCUT2D eigenvalue weighted by Crippen LogP contribution is 2.08. The fraction of sp³-hybridized carbons (Fsp3) is 0.500. The van der Waals surface area contributed by atoms with Crippen LogP contribution in [0.3, 0.4) is 0 Å². The van der Waals surface area contributed by atoms with Crippen molar-refractivity contribution < 1.29 is 0 Å². The maximum absolute atomic E-state index is 6.72. The second-order valence-corrected chi connectivity index (χ2v) is 2.64. The number of hydrogen-bond donors (Lipinski definition) is 2. The zero-order valence-corrected chi connectivity index (χ0v) is 6.72. The van der Waals surface area contributed by atoms with Crippen molar-refractivity contribution in [2.24, 2.45) is 4.99 Å². The summed E-state index contributed by atoms with van der Waals surface area (Å²) in [5.41, 5.74) is 2.61. The van der Waals surface area contributed by atoms with Gasteiger partial charge in [0.05, 0.1) is 0 Å². The van der Waals surface area contributed by atoms with Gasteiger partial charge in [0.25, 0.3) is 0 Å². The minimum atomic E-state index is 0.892. The van der Waals surface area contributed by atoms with Crippen molar-refractivity contribution in [2.45, 2.75) is 13.3 Å². The molecule has 3 nitrogen and oxygen atoms in total. The topological polar surface area (TPSA) is 48.2 Å². The van der Waals surface area contributed by atoms with Gasteiger partial charge >= 0.3 is 0 Å². The minimum Gasteiger partial charge on any atom is -0.312 e.